The molecule has 3 nitrogen and oxygen atoms in total. The molecule has 0 heterocycles. The Kier molecular flexibility index (Phi) is 4.66. The highest BCUT2D eigenvalue weighted by Crippen LogP contribution is 2.32. The zero-order valence-electron chi connectivity index (χ0n) is 11.9. The molecule has 0 radical (unpaired) electrons. The van der Waals surface area contributed by atoms with Crippen LogP contribution in [0.5, 0.6) is 0 Å². The molecule has 2 fully saturated rings. The number of amides is 1. The predicted octanol–water partition coefficient (Wildman–Crippen LogP) is 2.54. The van der Waals surface area contributed by atoms with Crippen LogP contribution in [0.25, 0.3) is 0 Å². The smallest absolute Gasteiger partial charge is 0.225 e. The lowest BCUT2D eigenvalue weighted by Gasteiger charge is -2.38. The summed E-state index contributed by atoms with van der Waals surface area (Å²) in [5.74, 6) is 1.02. The first-order valence-corrected chi connectivity index (χ1v) is 7.62. The summed E-state index contributed by atoms with van der Waals surface area (Å²) in [7, 11) is 2.01. The van der Waals surface area contributed by atoms with Gasteiger partial charge in [-0.25, -0.2) is 0 Å². The van der Waals surface area contributed by atoms with Gasteiger partial charge in [0.1, 0.15) is 0 Å². The molecule has 3 heteroatoms. The molecule has 2 aliphatic carbocycles. The van der Waals surface area contributed by atoms with Crippen molar-refractivity contribution in [2.45, 2.75) is 70.4 Å². The van der Waals surface area contributed by atoms with Gasteiger partial charge in [-0.2, -0.15) is 0 Å². The Labute approximate surface area is 111 Å². The van der Waals surface area contributed by atoms with Crippen molar-refractivity contribution < 1.29 is 4.79 Å². The number of rotatable bonds is 2. The number of hydrogen-bond donors (Lipinski definition) is 1. The summed E-state index contributed by atoms with van der Waals surface area (Å²) in [6, 6.07) is 0.714. The highest BCUT2D eigenvalue weighted by atomic mass is 16.2. The van der Waals surface area contributed by atoms with E-state index in [-0.39, 0.29) is 12.0 Å². The lowest BCUT2D eigenvalue weighted by molar-refractivity contribution is -0.139. The Balaban J connectivity index is 1.95. The lowest BCUT2D eigenvalue weighted by atomic mass is 9.77. The fourth-order valence-electron chi connectivity index (χ4n) is 3.61. The Morgan fingerprint density at radius 2 is 1.78 bits per heavy atom. The summed E-state index contributed by atoms with van der Waals surface area (Å²) >= 11 is 0. The predicted molar refractivity (Wildman–Crippen MR) is 74.1 cm³/mol. The average Bonchev–Trinajstić information content (AvgIpc) is 2.41. The molecule has 0 spiro atoms. The van der Waals surface area contributed by atoms with E-state index >= 15 is 0 Å². The van der Waals surface area contributed by atoms with Crippen LogP contribution in [0, 0.1) is 11.8 Å². The van der Waals surface area contributed by atoms with Gasteiger partial charge in [-0.15, -0.1) is 0 Å². The molecule has 0 saturated heterocycles. The fraction of sp³-hybridized carbons (Fsp3) is 0.933. The lowest BCUT2D eigenvalue weighted by Crippen LogP contribution is -2.46. The maximum absolute atomic E-state index is 12.6. The molecule has 0 aromatic carbocycles. The van der Waals surface area contributed by atoms with Gasteiger partial charge >= 0.3 is 0 Å². The number of carbonyl (C=O) groups is 1. The fourth-order valence-corrected chi connectivity index (χ4v) is 3.61. The Morgan fingerprint density at radius 1 is 1.11 bits per heavy atom. The Hall–Kier alpha value is -0.570. The van der Waals surface area contributed by atoms with E-state index in [1.165, 1.54) is 32.1 Å². The molecule has 2 rings (SSSR count). The van der Waals surface area contributed by atoms with E-state index in [0.717, 1.165) is 19.3 Å². The zero-order valence-corrected chi connectivity index (χ0v) is 11.9. The van der Waals surface area contributed by atoms with Crippen molar-refractivity contribution in [3.05, 3.63) is 0 Å². The van der Waals surface area contributed by atoms with Gasteiger partial charge in [0.2, 0.25) is 5.91 Å². The first-order chi connectivity index (χ1) is 8.59. The van der Waals surface area contributed by atoms with Gasteiger partial charge in [0, 0.05) is 25.0 Å². The van der Waals surface area contributed by atoms with Crippen LogP contribution in [-0.2, 0) is 4.79 Å². The third-order valence-electron chi connectivity index (χ3n) is 5.02. The largest absolute Gasteiger partial charge is 0.343 e. The molecule has 0 aliphatic heterocycles. The molecule has 1 amide bonds. The molecule has 3 atom stereocenters. The van der Waals surface area contributed by atoms with E-state index in [4.69, 9.17) is 5.73 Å². The van der Waals surface area contributed by atoms with Gasteiger partial charge in [-0.3, -0.25) is 4.79 Å². The van der Waals surface area contributed by atoms with Crippen LogP contribution in [0.3, 0.4) is 0 Å². The summed E-state index contributed by atoms with van der Waals surface area (Å²) in [6.45, 7) is 2.21. The topological polar surface area (TPSA) is 46.3 Å². The molecule has 0 aromatic rings. The van der Waals surface area contributed by atoms with E-state index in [1.807, 2.05) is 11.9 Å². The van der Waals surface area contributed by atoms with Gasteiger partial charge in [0.25, 0.3) is 0 Å². The summed E-state index contributed by atoms with van der Waals surface area (Å²) in [6.07, 6.45) is 9.35. The third kappa shape index (κ3) is 3.05. The quantitative estimate of drug-likeness (QED) is 0.821. The summed E-state index contributed by atoms with van der Waals surface area (Å²) < 4.78 is 0. The SMILES string of the molecule is CC1CCC(N)CC1C(=O)N(C)C1CCCCC1. The minimum atomic E-state index is 0.167. The van der Waals surface area contributed by atoms with E-state index in [1.54, 1.807) is 0 Å². The number of nitrogens with two attached hydrogens (primary N) is 1. The maximum atomic E-state index is 12.6. The molecule has 0 aromatic heterocycles. The monoisotopic (exact) mass is 252 g/mol. The van der Waals surface area contributed by atoms with Crippen LogP contribution in [0.4, 0.5) is 0 Å². The van der Waals surface area contributed by atoms with Crippen LogP contribution < -0.4 is 5.73 Å². The van der Waals surface area contributed by atoms with E-state index in [2.05, 4.69) is 6.92 Å². The van der Waals surface area contributed by atoms with Crippen LogP contribution in [0.1, 0.15) is 58.3 Å². The normalized spacial score (nSPS) is 34.3. The van der Waals surface area contributed by atoms with Gasteiger partial charge < -0.3 is 10.6 Å². The molecular weight excluding hydrogens is 224 g/mol. The molecular formula is C15H28N2O. The molecule has 2 saturated carbocycles. The van der Waals surface area contributed by atoms with Crippen LogP contribution in [0.2, 0.25) is 0 Å². The van der Waals surface area contributed by atoms with Crippen molar-refractivity contribution in [3.63, 3.8) is 0 Å². The molecule has 18 heavy (non-hydrogen) atoms. The first kappa shape index (κ1) is 13.9. The Bertz CT molecular complexity index is 286. The second-order valence-electron chi connectivity index (χ2n) is 6.40. The number of nitrogens with zero attached hydrogens (tertiary/aromatic N) is 1. The Morgan fingerprint density at radius 3 is 2.44 bits per heavy atom. The second-order valence-corrected chi connectivity index (χ2v) is 6.40. The highest BCUT2D eigenvalue weighted by Gasteiger charge is 2.35. The van der Waals surface area contributed by atoms with E-state index in [0.29, 0.717) is 17.9 Å². The van der Waals surface area contributed by atoms with Crippen LogP contribution >= 0.6 is 0 Å². The van der Waals surface area contributed by atoms with Crippen molar-refractivity contribution in [1.82, 2.24) is 4.90 Å². The molecule has 2 aliphatic rings. The van der Waals surface area contributed by atoms with Crippen molar-refractivity contribution in [1.29, 1.82) is 0 Å². The molecule has 2 N–H and O–H groups in total. The summed E-state index contributed by atoms with van der Waals surface area (Å²) in [5.41, 5.74) is 6.03. The van der Waals surface area contributed by atoms with Gasteiger partial charge in [-0.1, -0.05) is 26.2 Å². The van der Waals surface area contributed by atoms with Gasteiger partial charge in [0.05, 0.1) is 0 Å². The third-order valence-corrected chi connectivity index (χ3v) is 5.02. The standard InChI is InChI=1S/C15H28N2O/c1-11-8-9-12(16)10-14(11)15(18)17(2)13-6-4-3-5-7-13/h11-14H,3-10,16H2,1-2H3. The number of carbonyl (C=O) groups excluding carboxylic acids is 1. The maximum Gasteiger partial charge on any atom is 0.225 e. The molecule has 104 valence electrons. The van der Waals surface area contributed by atoms with Crippen molar-refractivity contribution in [2.24, 2.45) is 17.6 Å². The molecule has 0 bridgehead atoms. The average molecular weight is 252 g/mol. The van der Waals surface area contributed by atoms with Crippen molar-refractivity contribution >= 4 is 5.91 Å². The summed E-state index contributed by atoms with van der Waals surface area (Å²) in [4.78, 5) is 14.7. The van der Waals surface area contributed by atoms with Crippen LogP contribution in [-0.4, -0.2) is 29.9 Å². The zero-order chi connectivity index (χ0) is 13.1. The minimum absolute atomic E-state index is 0.167. The van der Waals surface area contributed by atoms with Crippen molar-refractivity contribution in [2.75, 3.05) is 7.05 Å². The first-order valence-electron chi connectivity index (χ1n) is 7.62. The van der Waals surface area contributed by atoms with Crippen molar-refractivity contribution in [3.8, 4) is 0 Å². The highest BCUT2D eigenvalue weighted by molar-refractivity contribution is 5.79. The van der Waals surface area contributed by atoms with Crippen LogP contribution in [0.15, 0.2) is 0 Å². The second kappa shape index (κ2) is 6.05. The molecule has 3 unspecified atom stereocenters. The van der Waals surface area contributed by atoms with Gasteiger partial charge in [0.15, 0.2) is 0 Å². The number of hydrogen-bond acceptors (Lipinski definition) is 2. The van der Waals surface area contributed by atoms with Gasteiger partial charge in [-0.05, 0) is 38.0 Å². The van der Waals surface area contributed by atoms with E-state index < -0.39 is 0 Å². The minimum Gasteiger partial charge on any atom is -0.343 e. The summed E-state index contributed by atoms with van der Waals surface area (Å²) in [5, 5.41) is 0. The van der Waals surface area contributed by atoms with E-state index in [9.17, 15) is 4.79 Å².